The molecule has 17 heavy (non-hydrogen) atoms. The van der Waals surface area contributed by atoms with Crippen LogP contribution in [0.5, 0.6) is 5.75 Å². The molecule has 0 radical (unpaired) electrons. The van der Waals surface area contributed by atoms with Crippen LogP contribution in [0.1, 0.15) is 23.0 Å². The first-order valence-corrected chi connectivity index (χ1v) is 5.40. The molecule has 0 aliphatic rings. The quantitative estimate of drug-likeness (QED) is 0.806. The van der Waals surface area contributed by atoms with Crippen molar-refractivity contribution in [2.24, 2.45) is 0 Å². The number of ether oxygens (including phenoxy) is 1. The van der Waals surface area contributed by atoms with Gasteiger partial charge in [0.25, 0.3) is 0 Å². The Bertz CT molecular complexity index is 578. The Morgan fingerprint density at radius 2 is 2.24 bits per heavy atom. The Balaban J connectivity index is 2.70. The number of aromatic hydroxyl groups is 1. The van der Waals surface area contributed by atoms with E-state index in [1.165, 1.54) is 0 Å². The summed E-state index contributed by atoms with van der Waals surface area (Å²) in [5, 5.41) is 10.3. The number of hydrogen-bond donors (Lipinski definition) is 1. The largest absolute Gasteiger partial charge is 0.506 e. The molecular formula is C13H13NO3. The summed E-state index contributed by atoms with van der Waals surface area (Å²) < 4.78 is 4.98. The fourth-order valence-corrected chi connectivity index (χ4v) is 1.74. The molecule has 1 aromatic heterocycles. The van der Waals surface area contributed by atoms with Gasteiger partial charge in [0.2, 0.25) is 0 Å². The highest BCUT2D eigenvalue weighted by atomic mass is 16.5. The molecule has 1 N–H and O–H groups in total. The number of esters is 1. The van der Waals surface area contributed by atoms with Crippen LogP contribution in [0, 0.1) is 6.92 Å². The number of aromatic nitrogens is 1. The average Bonchev–Trinajstić information content (AvgIpc) is 2.30. The van der Waals surface area contributed by atoms with E-state index < -0.39 is 5.97 Å². The summed E-state index contributed by atoms with van der Waals surface area (Å²) in [5.41, 5.74) is 1.53. The van der Waals surface area contributed by atoms with Gasteiger partial charge in [0.05, 0.1) is 12.2 Å². The zero-order valence-corrected chi connectivity index (χ0v) is 9.73. The van der Waals surface area contributed by atoms with E-state index in [0.29, 0.717) is 28.8 Å². The molecule has 0 atom stereocenters. The number of fused-ring (bicyclic) bond motifs is 1. The predicted octanol–water partition coefficient (Wildman–Crippen LogP) is 2.43. The number of para-hydroxylation sites is 1. The number of phenols is 1. The number of pyridine rings is 1. The molecule has 0 spiro atoms. The number of nitrogens with zero attached hydrogens (tertiary/aromatic N) is 1. The fraction of sp³-hybridized carbons (Fsp3) is 0.231. The summed E-state index contributed by atoms with van der Waals surface area (Å²) in [6, 6.07) is 6.63. The summed E-state index contributed by atoms with van der Waals surface area (Å²) in [6.07, 6.45) is 0. The first-order valence-electron chi connectivity index (χ1n) is 5.40. The van der Waals surface area contributed by atoms with Crippen LogP contribution in [-0.2, 0) is 4.74 Å². The number of carbonyl (C=O) groups excluding carboxylic acids is 1. The first-order chi connectivity index (χ1) is 8.13. The molecule has 1 heterocycles. The minimum Gasteiger partial charge on any atom is -0.506 e. The molecule has 0 bridgehead atoms. The summed E-state index contributed by atoms with van der Waals surface area (Å²) in [4.78, 5) is 16.0. The molecule has 0 saturated carbocycles. The molecule has 2 rings (SSSR count). The van der Waals surface area contributed by atoms with Gasteiger partial charge in [-0.15, -0.1) is 0 Å². The summed E-state index contributed by atoms with van der Waals surface area (Å²) >= 11 is 0. The SMILES string of the molecule is CCOC(=O)c1cc(C)nc2c(O)cccc12. The molecule has 0 aliphatic carbocycles. The van der Waals surface area contributed by atoms with E-state index in [1.807, 2.05) is 0 Å². The maximum absolute atomic E-state index is 11.8. The molecule has 1 aromatic carbocycles. The van der Waals surface area contributed by atoms with E-state index in [-0.39, 0.29) is 5.75 Å². The summed E-state index contributed by atoms with van der Waals surface area (Å²) in [6.45, 7) is 3.85. The third-order valence-electron chi connectivity index (χ3n) is 2.44. The second-order valence-corrected chi connectivity index (χ2v) is 3.70. The van der Waals surface area contributed by atoms with E-state index in [9.17, 15) is 9.90 Å². The molecule has 4 nitrogen and oxygen atoms in total. The average molecular weight is 231 g/mol. The zero-order chi connectivity index (χ0) is 12.4. The highest BCUT2D eigenvalue weighted by molar-refractivity contribution is 6.04. The third kappa shape index (κ3) is 2.06. The van der Waals surface area contributed by atoms with Gasteiger partial charge >= 0.3 is 5.97 Å². The Labute approximate surface area is 98.9 Å². The smallest absolute Gasteiger partial charge is 0.338 e. The van der Waals surface area contributed by atoms with Crippen LogP contribution in [0.15, 0.2) is 24.3 Å². The van der Waals surface area contributed by atoms with Crippen molar-refractivity contribution in [1.29, 1.82) is 0 Å². The number of aryl methyl sites for hydroxylation is 1. The molecule has 0 unspecified atom stereocenters. The van der Waals surface area contributed by atoms with Gasteiger partial charge in [0, 0.05) is 11.1 Å². The monoisotopic (exact) mass is 231 g/mol. The molecule has 2 aromatic rings. The van der Waals surface area contributed by atoms with Crippen molar-refractivity contribution in [3.63, 3.8) is 0 Å². The number of hydrogen-bond acceptors (Lipinski definition) is 4. The van der Waals surface area contributed by atoms with E-state index >= 15 is 0 Å². The van der Waals surface area contributed by atoms with Gasteiger partial charge in [-0.05, 0) is 26.0 Å². The van der Waals surface area contributed by atoms with Gasteiger partial charge in [-0.3, -0.25) is 0 Å². The normalized spacial score (nSPS) is 10.5. The van der Waals surface area contributed by atoms with Crippen molar-refractivity contribution in [2.75, 3.05) is 6.61 Å². The second-order valence-electron chi connectivity index (χ2n) is 3.70. The lowest BCUT2D eigenvalue weighted by Crippen LogP contribution is -2.06. The van der Waals surface area contributed by atoms with Crippen LogP contribution < -0.4 is 0 Å². The van der Waals surface area contributed by atoms with Gasteiger partial charge in [0.1, 0.15) is 11.3 Å². The highest BCUT2D eigenvalue weighted by Crippen LogP contribution is 2.26. The topological polar surface area (TPSA) is 59.4 Å². The number of carbonyl (C=O) groups is 1. The van der Waals surface area contributed by atoms with Crippen molar-refractivity contribution in [2.45, 2.75) is 13.8 Å². The number of benzene rings is 1. The van der Waals surface area contributed by atoms with E-state index in [1.54, 1.807) is 38.1 Å². The van der Waals surface area contributed by atoms with Crippen molar-refractivity contribution >= 4 is 16.9 Å². The van der Waals surface area contributed by atoms with Crippen molar-refractivity contribution in [3.8, 4) is 5.75 Å². The maximum Gasteiger partial charge on any atom is 0.338 e. The van der Waals surface area contributed by atoms with Crippen LogP contribution in [0.4, 0.5) is 0 Å². The predicted molar refractivity (Wildman–Crippen MR) is 64.1 cm³/mol. The molecule has 0 amide bonds. The molecule has 0 fully saturated rings. The van der Waals surface area contributed by atoms with E-state index in [4.69, 9.17) is 4.74 Å². The molecular weight excluding hydrogens is 218 g/mol. The lowest BCUT2D eigenvalue weighted by molar-refractivity contribution is 0.0528. The van der Waals surface area contributed by atoms with Crippen LogP contribution in [-0.4, -0.2) is 22.7 Å². The molecule has 4 heteroatoms. The Kier molecular flexibility index (Phi) is 2.95. The van der Waals surface area contributed by atoms with Gasteiger partial charge in [-0.2, -0.15) is 0 Å². The van der Waals surface area contributed by atoms with Crippen LogP contribution in [0.2, 0.25) is 0 Å². The number of rotatable bonds is 2. The van der Waals surface area contributed by atoms with Gasteiger partial charge in [0.15, 0.2) is 0 Å². The van der Waals surface area contributed by atoms with E-state index in [2.05, 4.69) is 4.98 Å². The van der Waals surface area contributed by atoms with Crippen LogP contribution in [0.3, 0.4) is 0 Å². The Morgan fingerprint density at radius 1 is 1.47 bits per heavy atom. The third-order valence-corrected chi connectivity index (χ3v) is 2.44. The first kappa shape index (κ1) is 11.4. The van der Waals surface area contributed by atoms with Crippen LogP contribution in [0.25, 0.3) is 10.9 Å². The lowest BCUT2D eigenvalue weighted by atomic mass is 10.1. The van der Waals surface area contributed by atoms with Crippen molar-refractivity contribution in [1.82, 2.24) is 4.98 Å². The van der Waals surface area contributed by atoms with Gasteiger partial charge < -0.3 is 9.84 Å². The van der Waals surface area contributed by atoms with Gasteiger partial charge in [-0.1, -0.05) is 12.1 Å². The van der Waals surface area contributed by atoms with E-state index in [0.717, 1.165) is 0 Å². The minimum absolute atomic E-state index is 0.0664. The summed E-state index contributed by atoms with van der Waals surface area (Å²) in [5.74, 6) is -0.328. The summed E-state index contributed by atoms with van der Waals surface area (Å²) in [7, 11) is 0. The molecule has 0 aliphatic heterocycles. The zero-order valence-electron chi connectivity index (χ0n) is 9.73. The molecule has 0 saturated heterocycles. The lowest BCUT2D eigenvalue weighted by Gasteiger charge is -2.08. The fourth-order valence-electron chi connectivity index (χ4n) is 1.74. The highest BCUT2D eigenvalue weighted by Gasteiger charge is 2.14. The maximum atomic E-state index is 11.8. The van der Waals surface area contributed by atoms with Gasteiger partial charge in [-0.25, -0.2) is 9.78 Å². The molecule has 88 valence electrons. The minimum atomic E-state index is -0.395. The van der Waals surface area contributed by atoms with Crippen molar-refractivity contribution < 1.29 is 14.6 Å². The Hall–Kier alpha value is -2.10. The van der Waals surface area contributed by atoms with Crippen molar-refractivity contribution in [3.05, 3.63) is 35.5 Å². The van der Waals surface area contributed by atoms with Crippen LogP contribution >= 0.6 is 0 Å². The Morgan fingerprint density at radius 3 is 2.94 bits per heavy atom. The second kappa shape index (κ2) is 4.41. The standard InChI is InChI=1S/C13H13NO3/c1-3-17-13(16)10-7-8(2)14-12-9(10)5-4-6-11(12)15/h4-7,15H,3H2,1-2H3. The number of phenolic OH excluding ortho intramolecular Hbond substituents is 1.